The van der Waals surface area contributed by atoms with Crippen molar-refractivity contribution in [3.63, 3.8) is 0 Å². The highest BCUT2D eigenvalue weighted by Gasteiger charge is 2.15. The molecule has 6 nitrogen and oxygen atoms in total. The van der Waals surface area contributed by atoms with E-state index in [4.69, 9.17) is 8.83 Å². The molecule has 0 bridgehead atoms. The third-order valence-corrected chi connectivity index (χ3v) is 3.25. The molecule has 21 heavy (non-hydrogen) atoms. The smallest absolute Gasteiger partial charge is 0.322 e. The van der Waals surface area contributed by atoms with Gasteiger partial charge in [-0.05, 0) is 46.6 Å². The van der Waals surface area contributed by atoms with Crippen LogP contribution in [0, 0.1) is 6.92 Å². The molecular formula is C14H10BrN3O3. The maximum absolute atomic E-state index is 12.1. The molecule has 0 radical (unpaired) electrons. The van der Waals surface area contributed by atoms with Gasteiger partial charge in [-0.1, -0.05) is 23.3 Å². The summed E-state index contributed by atoms with van der Waals surface area (Å²) < 4.78 is 11.2. The average molecular weight is 348 g/mol. The van der Waals surface area contributed by atoms with E-state index >= 15 is 0 Å². The van der Waals surface area contributed by atoms with Crippen LogP contribution < -0.4 is 5.32 Å². The molecule has 1 aromatic carbocycles. The second-order valence-electron chi connectivity index (χ2n) is 4.29. The first-order valence-corrected chi connectivity index (χ1v) is 6.89. The Morgan fingerprint density at radius 3 is 2.67 bits per heavy atom. The second-order valence-corrected chi connectivity index (χ2v) is 5.07. The molecule has 0 fully saturated rings. The van der Waals surface area contributed by atoms with Crippen LogP contribution in [0.5, 0.6) is 0 Å². The fourth-order valence-corrected chi connectivity index (χ4v) is 2.10. The SMILES string of the molecule is Cc1ccccc1C(=O)Nc1nnc(-c2ccc(Br)o2)o1. The minimum absolute atomic E-state index is 0.0192. The first-order valence-electron chi connectivity index (χ1n) is 6.09. The van der Waals surface area contributed by atoms with Crippen molar-refractivity contribution in [2.24, 2.45) is 0 Å². The van der Waals surface area contributed by atoms with Crippen molar-refractivity contribution >= 4 is 27.9 Å². The van der Waals surface area contributed by atoms with Crippen molar-refractivity contribution in [1.82, 2.24) is 10.2 Å². The van der Waals surface area contributed by atoms with E-state index in [1.54, 1.807) is 24.3 Å². The second kappa shape index (κ2) is 5.53. The standard InChI is InChI=1S/C14H10BrN3O3/c1-8-4-2-3-5-9(8)12(19)16-14-18-17-13(21-14)10-6-7-11(15)20-10/h2-7H,1H3,(H,16,18,19). The lowest BCUT2D eigenvalue weighted by molar-refractivity contribution is 0.102. The van der Waals surface area contributed by atoms with Crippen molar-refractivity contribution in [2.75, 3.05) is 5.32 Å². The van der Waals surface area contributed by atoms with Gasteiger partial charge in [0.15, 0.2) is 10.4 Å². The van der Waals surface area contributed by atoms with Gasteiger partial charge in [-0.25, -0.2) is 0 Å². The number of hydrogen-bond acceptors (Lipinski definition) is 5. The summed E-state index contributed by atoms with van der Waals surface area (Å²) in [5.41, 5.74) is 1.42. The van der Waals surface area contributed by atoms with E-state index in [2.05, 4.69) is 31.4 Å². The minimum atomic E-state index is -0.302. The summed E-state index contributed by atoms with van der Waals surface area (Å²) in [5.74, 6) is 0.315. The Hall–Kier alpha value is -2.41. The first-order chi connectivity index (χ1) is 10.1. The molecule has 7 heteroatoms. The molecule has 0 aliphatic rings. The summed E-state index contributed by atoms with van der Waals surface area (Å²) in [6, 6.07) is 10.7. The predicted octanol–water partition coefficient (Wildman–Crippen LogP) is 3.65. The van der Waals surface area contributed by atoms with E-state index < -0.39 is 0 Å². The number of nitrogens with zero attached hydrogens (tertiary/aromatic N) is 2. The van der Waals surface area contributed by atoms with E-state index in [1.807, 2.05) is 19.1 Å². The summed E-state index contributed by atoms with van der Waals surface area (Å²) >= 11 is 3.19. The molecule has 0 aliphatic carbocycles. The molecule has 0 atom stereocenters. The molecule has 3 rings (SSSR count). The summed E-state index contributed by atoms with van der Waals surface area (Å²) in [6.07, 6.45) is 0. The van der Waals surface area contributed by atoms with Gasteiger partial charge in [-0.3, -0.25) is 10.1 Å². The van der Waals surface area contributed by atoms with Crippen LogP contribution in [0.3, 0.4) is 0 Å². The molecule has 2 aromatic heterocycles. The lowest BCUT2D eigenvalue weighted by Gasteiger charge is -2.03. The third kappa shape index (κ3) is 2.87. The van der Waals surface area contributed by atoms with Gasteiger partial charge in [-0.15, -0.1) is 5.10 Å². The van der Waals surface area contributed by atoms with Crippen LogP contribution in [-0.2, 0) is 0 Å². The highest BCUT2D eigenvalue weighted by molar-refractivity contribution is 9.10. The molecule has 0 saturated heterocycles. The zero-order valence-electron chi connectivity index (χ0n) is 11.0. The van der Waals surface area contributed by atoms with Gasteiger partial charge in [-0.2, -0.15) is 0 Å². The largest absolute Gasteiger partial charge is 0.444 e. The van der Waals surface area contributed by atoms with Crippen molar-refractivity contribution in [2.45, 2.75) is 6.92 Å². The fraction of sp³-hybridized carbons (Fsp3) is 0.0714. The number of rotatable bonds is 3. The number of furan rings is 1. The zero-order chi connectivity index (χ0) is 14.8. The van der Waals surface area contributed by atoms with Crippen molar-refractivity contribution in [1.29, 1.82) is 0 Å². The number of halogens is 1. The lowest BCUT2D eigenvalue weighted by Crippen LogP contribution is -2.13. The van der Waals surface area contributed by atoms with Crippen molar-refractivity contribution in [3.8, 4) is 11.7 Å². The number of aromatic nitrogens is 2. The quantitative estimate of drug-likeness (QED) is 0.781. The summed E-state index contributed by atoms with van der Waals surface area (Å²) in [5, 5.41) is 10.2. The molecule has 0 aliphatic heterocycles. The Labute approximate surface area is 128 Å². The Bertz CT molecular complexity index is 794. The molecule has 2 heterocycles. The normalized spacial score (nSPS) is 10.6. The number of nitrogens with one attached hydrogen (secondary N) is 1. The first kappa shape index (κ1) is 13.6. The van der Waals surface area contributed by atoms with Crippen LogP contribution in [-0.4, -0.2) is 16.1 Å². The van der Waals surface area contributed by atoms with E-state index in [9.17, 15) is 4.79 Å². The van der Waals surface area contributed by atoms with Crippen molar-refractivity contribution in [3.05, 3.63) is 52.2 Å². The maximum atomic E-state index is 12.1. The van der Waals surface area contributed by atoms with E-state index in [0.717, 1.165) is 5.56 Å². The highest BCUT2D eigenvalue weighted by atomic mass is 79.9. The van der Waals surface area contributed by atoms with Gasteiger partial charge in [0.1, 0.15) is 0 Å². The average Bonchev–Trinajstić information content (AvgIpc) is 3.08. The minimum Gasteiger partial charge on any atom is -0.444 e. The van der Waals surface area contributed by atoms with Gasteiger partial charge in [0, 0.05) is 5.56 Å². The number of anilines is 1. The Balaban J connectivity index is 1.79. The van der Waals surface area contributed by atoms with Crippen LogP contribution in [0.15, 0.2) is 49.9 Å². The number of amides is 1. The molecule has 0 saturated carbocycles. The van der Waals surface area contributed by atoms with Gasteiger partial charge in [0.05, 0.1) is 0 Å². The number of hydrogen-bond donors (Lipinski definition) is 1. The van der Waals surface area contributed by atoms with Crippen LogP contribution >= 0.6 is 15.9 Å². The summed E-state index contributed by atoms with van der Waals surface area (Å²) in [4.78, 5) is 12.1. The molecular weight excluding hydrogens is 338 g/mol. The number of aryl methyl sites for hydroxylation is 1. The molecule has 3 aromatic rings. The van der Waals surface area contributed by atoms with Crippen LogP contribution in [0.4, 0.5) is 6.01 Å². The van der Waals surface area contributed by atoms with Crippen LogP contribution in [0.2, 0.25) is 0 Å². The molecule has 1 amide bonds. The van der Waals surface area contributed by atoms with E-state index in [1.165, 1.54) is 0 Å². The maximum Gasteiger partial charge on any atom is 0.322 e. The molecule has 106 valence electrons. The lowest BCUT2D eigenvalue weighted by atomic mass is 10.1. The topological polar surface area (TPSA) is 81.2 Å². The van der Waals surface area contributed by atoms with Gasteiger partial charge >= 0.3 is 6.01 Å². The Kier molecular flexibility index (Phi) is 3.57. The highest BCUT2D eigenvalue weighted by Crippen LogP contribution is 2.25. The molecule has 0 unspecified atom stereocenters. The van der Waals surface area contributed by atoms with Gasteiger partial charge in [0.2, 0.25) is 0 Å². The Morgan fingerprint density at radius 2 is 1.95 bits per heavy atom. The Morgan fingerprint density at radius 1 is 1.14 bits per heavy atom. The fourth-order valence-electron chi connectivity index (χ4n) is 1.79. The number of benzene rings is 1. The van der Waals surface area contributed by atoms with Crippen LogP contribution in [0.25, 0.3) is 11.7 Å². The molecule has 0 spiro atoms. The zero-order valence-corrected chi connectivity index (χ0v) is 12.5. The third-order valence-electron chi connectivity index (χ3n) is 2.82. The van der Waals surface area contributed by atoms with Gasteiger partial charge < -0.3 is 8.83 Å². The van der Waals surface area contributed by atoms with E-state index in [0.29, 0.717) is 16.0 Å². The number of carbonyl (C=O) groups excluding carboxylic acids is 1. The van der Waals surface area contributed by atoms with Crippen LogP contribution in [0.1, 0.15) is 15.9 Å². The summed E-state index contributed by atoms with van der Waals surface area (Å²) in [7, 11) is 0. The van der Waals surface area contributed by atoms with Gasteiger partial charge in [0.25, 0.3) is 11.8 Å². The number of carbonyl (C=O) groups is 1. The van der Waals surface area contributed by atoms with E-state index in [-0.39, 0.29) is 17.8 Å². The predicted molar refractivity (Wildman–Crippen MR) is 78.8 cm³/mol. The summed E-state index contributed by atoms with van der Waals surface area (Å²) in [6.45, 7) is 1.86. The molecule has 1 N–H and O–H groups in total. The van der Waals surface area contributed by atoms with Crippen molar-refractivity contribution < 1.29 is 13.6 Å². The monoisotopic (exact) mass is 347 g/mol.